The first-order chi connectivity index (χ1) is 11.1. The molecule has 2 heterocycles. The Labute approximate surface area is 144 Å². The molecule has 0 aliphatic carbocycles. The van der Waals surface area contributed by atoms with Crippen molar-refractivity contribution in [2.24, 2.45) is 5.41 Å². The fourth-order valence-corrected chi connectivity index (χ4v) is 4.67. The molecule has 7 heteroatoms. The van der Waals surface area contributed by atoms with E-state index in [1.807, 2.05) is 25.6 Å². The summed E-state index contributed by atoms with van der Waals surface area (Å²) in [4.78, 5) is 2.40. The maximum absolute atomic E-state index is 12.3. The lowest BCUT2D eigenvalue weighted by molar-refractivity contribution is -0.274. The Balaban J connectivity index is 1.59. The van der Waals surface area contributed by atoms with Crippen LogP contribution in [-0.2, 0) is 0 Å². The molecular formula is C17H22F3NO2S. The third-order valence-corrected chi connectivity index (χ3v) is 6.00. The zero-order valence-corrected chi connectivity index (χ0v) is 14.7. The number of nitrogens with zero attached hydrogens (tertiary/aromatic N) is 1. The molecule has 0 bridgehead atoms. The van der Waals surface area contributed by atoms with E-state index in [1.165, 1.54) is 36.1 Å². The molecule has 0 N–H and O–H groups in total. The van der Waals surface area contributed by atoms with Crippen molar-refractivity contribution < 1.29 is 22.6 Å². The van der Waals surface area contributed by atoms with Gasteiger partial charge in [0, 0.05) is 36.1 Å². The van der Waals surface area contributed by atoms with Gasteiger partial charge in [0.2, 0.25) is 0 Å². The van der Waals surface area contributed by atoms with Gasteiger partial charge in [-0.1, -0.05) is 6.07 Å². The van der Waals surface area contributed by atoms with E-state index < -0.39 is 12.0 Å². The highest BCUT2D eigenvalue weighted by Crippen LogP contribution is 2.45. The van der Waals surface area contributed by atoms with Crippen molar-refractivity contribution in [3.63, 3.8) is 0 Å². The van der Waals surface area contributed by atoms with Crippen LogP contribution in [-0.4, -0.2) is 48.0 Å². The van der Waals surface area contributed by atoms with E-state index in [9.17, 15) is 13.2 Å². The molecule has 0 amide bonds. The first-order valence-electron chi connectivity index (χ1n) is 8.00. The van der Waals surface area contributed by atoms with Crippen LogP contribution in [0.5, 0.6) is 11.5 Å². The van der Waals surface area contributed by atoms with E-state index in [0.29, 0.717) is 11.2 Å². The third kappa shape index (κ3) is 4.51. The predicted molar refractivity (Wildman–Crippen MR) is 88.6 cm³/mol. The maximum atomic E-state index is 12.3. The van der Waals surface area contributed by atoms with Gasteiger partial charge < -0.3 is 9.47 Å². The van der Waals surface area contributed by atoms with Gasteiger partial charge in [-0.25, -0.2) is 0 Å². The molecule has 24 heavy (non-hydrogen) atoms. The summed E-state index contributed by atoms with van der Waals surface area (Å²) >= 11 is 2.00. The van der Waals surface area contributed by atoms with Gasteiger partial charge in [-0.05, 0) is 38.9 Å². The van der Waals surface area contributed by atoms with Crippen LogP contribution in [0.2, 0.25) is 0 Å². The van der Waals surface area contributed by atoms with Crippen LogP contribution >= 0.6 is 11.8 Å². The van der Waals surface area contributed by atoms with E-state index in [-0.39, 0.29) is 5.75 Å². The normalized spacial score (nSPS) is 20.9. The van der Waals surface area contributed by atoms with Gasteiger partial charge in [-0.2, -0.15) is 11.8 Å². The average Bonchev–Trinajstić information content (AvgIpc) is 2.79. The Bertz CT molecular complexity index is 587. The summed E-state index contributed by atoms with van der Waals surface area (Å²) in [5, 5.41) is 0. The van der Waals surface area contributed by atoms with Gasteiger partial charge in [0.25, 0.3) is 0 Å². The molecule has 3 rings (SSSR count). The number of likely N-dealkylation sites (tertiary alicyclic amines) is 1. The van der Waals surface area contributed by atoms with E-state index in [4.69, 9.17) is 4.74 Å². The summed E-state index contributed by atoms with van der Waals surface area (Å²) in [7, 11) is 0. The Morgan fingerprint density at radius 2 is 1.83 bits per heavy atom. The number of benzene rings is 1. The summed E-state index contributed by atoms with van der Waals surface area (Å²) in [5.74, 6) is 2.60. The molecular weight excluding hydrogens is 339 g/mol. The third-order valence-electron chi connectivity index (χ3n) is 4.37. The summed E-state index contributed by atoms with van der Waals surface area (Å²) in [6.07, 6.45) is -3.47. The van der Waals surface area contributed by atoms with Gasteiger partial charge in [-0.3, -0.25) is 4.90 Å². The number of thioether (sulfide) groups is 1. The minimum Gasteiger partial charge on any atom is -0.486 e. The number of ether oxygens (including phenoxy) is 2. The molecule has 0 saturated carbocycles. The molecule has 134 valence electrons. The van der Waals surface area contributed by atoms with Crippen LogP contribution in [0.1, 0.15) is 20.3 Å². The van der Waals surface area contributed by atoms with Crippen molar-refractivity contribution in [1.29, 1.82) is 0 Å². The highest BCUT2D eigenvalue weighted by molar-refractivity contribution is 8.00. The zero-order valence-electron chi connectivity index (χ0n) is 13.9. The van der Waals surface area contributed by atoms with Crippen molar-refractivity contribution >= 4 is 11.8 Å². The monoisotopic (exact) mass is 361 g/mol. The molecule has 2 fully saturated rings. The first-order valence-corrected chi connectivity index (χ1v) is 9.15. The van der Waals surface area contributed by atoms with Gasteiger partial charge in [0.15, 0.2) is 0 Å². The summed E-state index contributed by atoms with van der Waals surface area (Å²) in [5.41, 5.74) is 0.000484. The van der Waals surface area contributed by atoms with Gasteiger partial charge >= 0.3 is 6.36 Å². The van der Waals surface area contributed by atoms with Crippen molar-refractivity contribution in [3.05, 3.63) is 24.3 Å². The fraction of sp³-hybridized carbons (Fsp3) is 0.647. The standard InChI is InChI=1S/C17H22F3NO2S/c1-15(2,9-21-7-6-16(10-21)11-24-12-16)22-13-4-3-5-14(8-13)23-17(18,19)20/h3-5,8H,6-7,9-12H2,1-2H3. The number of alkyl halides is 3. The fourth-order valence-electron chi connectivity index (χ4n) is 3.41. The van der Waals surface area contributed by atoms with E-state index in [1.54, 1.807) is 6.07 Å². The quantitative estimate of drug-likeness (QED) is 0.784. The molecule has 2 aliphatic heterocycles. The second kappa shape index (κ2) is 6.33. The number of halogens is 3. The lowest BCUT2D eigenvalue weighted by atomic mass is 9.91. The van der Waals surface area contributed by atoms with Crippen LogP contribution in [0.4, 0.5) is 13.2 Å². The molecule has 1 spiro atoms. The number of rotatable bonds is 5. The first kappa shape index (κ1) is 17.7. The highest BCUT2D eigenvalue weighted by Gasteiger charge is 2.44. The van der Waals surface area contributed by atoms with Crippen LogP contribution in [0.25, 0.3) is 0 Å². The zero-order chi connectivity index (χ0) is 17.4. The highest BCUT2D eigenvalue weighted by atomic mass is 32.2. The maximum Gasteiger partial charge on any atom is 0.573 e. The molecule has 0 aromatic heterocycles. The summed E-state index contributed by atoms with van der Waals surface area (Å²) in [6.45, 7) is 6.83. The van der Waals surface area contributed by atoms with Crippen molar-refractivity contribution in [1.82, 2.24) is 4.90 Å². The van der Waals surface area contributed by atoms with Crippen molar-refractivity contribution in [3.8, 4) is 11.5 Å². The Morgan fingerprint density at radius 3 is 2.38 bits per heavy atom. The summed E-state index contributed by atoms with van der Waals surface area (Å²) in [6, 6.07) is 5.71. The van der Waals surface area contributed by atoms with E-state index >= 15 is 0 Å². The molecule has 2 saturated heterocycles. The smallest absolute Gasteiger partial charge is 0.486 e. The molecule has 3 nitrogen and oxygen atoms in total. The Morgan fingerprint density at radius 1 is 1.17 bits per heavy atom. The molecule has 1 aromatic rings. The predicted octanol–water partition coefficient (Wildman–Crippen LogP) is 4.18. The van der Waals surface area contributed by atoms with E-state index in [0.717, 1.165) is 19.6 Å². The van der Waals surface area contributed by atoms with Crippen molar-refractivity contribution in [2.75, 3.05) is 31.1 Å². The Hall–Kier alpha value is -1.08. The second-order valence-electron chi connectivity index (χ2n) is 7.34. The molecule has 0 radical (unpaired) electrons. The Kier molecular flexibility index (Phi) is 4.68. The topological polar surface area (TPSA) is 21.7 Å². The van der Waals surface area contributed by atoms with Crippen LogP contribution in [0.15, 0.2) is 24.3 Å². The molecule has 0 unspecified atom stereocenters. The minimum absolute atomic E-state index is 0.262. The van der Waals surface area contributed by atoms with Gasteiger partial charge in [-0.15, -0.1) is 13.2 Å². The SMILES string of the molecule is CC(C)(CN1CCC2(CSC2)C1)Oc1cccc(OC(F)(F)F)c1. The molecule has 2 aliphatic rings. The summed E-state index contributed by atoms with van der Waals surface area (Å²) < 4.78 is 46.9. The lowest BCUT2D eigenvalue weighted by Crippen LogP contribution is -2.44. The minimum atomic E-state index is -4.70. The average molecular weight is 361 g/mol. The molecule has 1 aromatic carbocycles. The number of hydrogen-bond acceptors (Lipinski definition) is 4. The largest absolute Gasteiger partial charge is 0.573 e. The van der Waals surface area contributed by atoms with Crippen molar-refractivity contribution in [2.45, 2.75) is 32.2 Å². The lowest BCUT2D eigenvalue weighted by Gasteiger charge is -2.38. The van der Waals surface area contributed by atoms with Gasteiger partial charge in [0.1, 0.15) is 17.1 Å². The van der Waals surface area contributed by atoms with E-state index in [2.05, 4.69) is 9.64 Å². The second-order valence-corrected chi connectivity index (χ2v) is 8.32. The van der Waals surface area contributed by atoms with Crippen LogP contribution < -0.4 is 9.47 Å². The van der Waals surface area contributed by atoms with Crippen LogP contribution in [0, 0.1) is 5.41 Å². The molecule has 0 atom stereocenters. The van der Waals surface area contributed by atoms with Crippen LogP contribution in [0.3, 0.4) is 0 Å². The van der Waals surface area contributed by atoms with Gasteiger partial charge in [0.05, 0.1) is 0 Å². The number of hydrogen-bond donors (Lipinski definition) is 0.